The van der Waals surface area contributed by atoms with E-state index in [0.29, 0.717) is 58.6 Å². The van der Waals surface area contributed by atoms with Crippen molar-refractivity contribution in [1.82, 2.24) is 26.2 Å². The molecule has 4 rings (SSSR count). The summed E-state index contributed by atoms with van der Waals surface area (Å²) in [5.74, 6) is -1.83. The van der Waals surface area contributed by atoms with E-state index in [1.165, 1.54) is 0 Å². The Morgan fingerprint density at radius 1 is 0.692 bits per heavy atom. The summed E-state index contributed by atoms with van der Waals surface area (Å²) in [5, 5.41) is 11.7. The molecule has 2 saturated heterocycles. The molecule has 0 aromatic heterocycles. The third kappa shape index (κ3) is 13.1. The minimum absolute atomic E-state index is 0.0171. The first-order valence-corrected chi connectivity index (χ1v) is 18.6. The van der Waals surface area contributed by atoms with Crippen LogP contribution in [0.25, 0.3) is 0 Å². The van der Waals surface area contributed by atoms with Gasteiger partial charge in [0.15, 0.2) is 5.78 Å². The van der Waals surface area contributed by atoms with Gasteiger partial charge in [0.25, 0.3) is 0 Å². The zero-order chi connectivity index (χ0) is 37.7. The lowest BCUT2D eigenvalue weighted by Gasteiger charge is -2.29. The molecule has 1 unspecified atom stereocenters. The van der Waals surface area contributed by atoms with Gasteiger partial charge in [-0.1, -0.05) is 88.4 Å². The number of hydrogen-bond acceptors (Lipinski definition) is 8. The number of nitrogens with one attached hydrogen (secondary N) is 4. The average molecular weight is 720 g/mol. The number of hydrogen-bond donors (Lipinski definition) is 4. The van der Waals surface area contributed by atoms with E-state index in [0.717, 1.165) is 11.1 Å². The van der Waals surface area contributed by atoms with Gasteiger partial charge in [-0.3, -0.25) is 28.9 Å². The number of aryl methyl sites for hydroxylation is 1. The second kappa shape index (κ2) is 19.6. The van der Waals surface area contributed by atoms with Gasteiger partial charge < -0.3 is 30.7 Å². The van der Waals surface area contributed by atoms with Crippen molar-refractivity contribution >= 4 is 29.4 Å². The van der Waals surface area contributed by atoms with Crippen LogP contribution in [0.4, 0.5) is 0 Å². The monoisotopic (exact) mass is 719 g/mol. The van der Waals surface area contributed by atoms with Gasteiger partial charge >= 0.3 is 0 Å². The van der Waals surface area contributed by atoms with Gasteiger partial charge in [0.05, 0.1) is 32.4 Å². The van der Waals surface area contributed by atoms with E-state index in [2.05, 4.69) is 21.3 Å². The van der Waals surface area contributed by atoms with E-state index < -0.39 is 47.5 Å². The molecule has 2 aromatic rings. The molecule has 0 aliphatic carbocycles. The van der Waals surface area contributed by atoms with Crippen molar-refractivity contribution < 1.29 is 33.4 Å². The Balaban J connectivity index is 1.51. The van der Waals surface area contributed by atoms with Gasteiger partial charge in [0, 0.05) is 19.5 Å². The molecule has 12 nitrogen and oxygen atoms in total. The van der Waals surface area contributed by atoms with Crippen molar-refractivity contribution in [3.63, 3.8) is 0 Å². The van der Waals surface area contributed by atoms with Crippen LogP contribution in [-0.2, 0) is 46.3 Å². The number of carbonyl (C=O) groups excluding carboxylic acids is 5. The highest BCUT2D eigenvalue weighted by Crippen LogP contribution is 2.29. The second-order valence-electron chi connectivity index (χ2n) is 15.0. The summed E-state index contributed by atoms with van der Waals surface area (Å²) in [6, 6.07) is 15.3. The van der Waals surface area contributed by atoms with Crippen LogP contribution < -0.4 is 21.3 Å². The number of carbonyl (C=O) groups is 5. The van der Waals surface area contributed by atoms with Crippen LogP contribution in [0, 0.1) is 11.8 Å². The van der Waals surface area contributed by atoms with Crippen LogP contribution in [-0.4, -0.2) is 104 Å². The van der Waals surface area contributed by atoms with Crippen LogP contribution in [0.15, 0.2) is 60.7 Å². The van der Waals surface area contributed by atoms with E-state index in [4.69, 9.17) is 9.47 Å². The molecule has 52 heavy (non-hydrogen) atoms. The van der Waals surface area contributed by atoms with E-state index in [-0.39, 0.29) is 36.5 Å². The maximum Gasteiger partial charge on any atom is 0.243 e. The molecule has 2 aromatic carbocycles. The predicted octanol–water partition coefficient (Wildman–Crippen LogP) is 2.58. The fourth-order valence-corrected chi connectivity index (χ4v) is 6.33. The highest BCUT2D eigenvalue weighted by molar-refractivity contribution is 5.98. The Labute approximate surface area is 308 Å². The topological polar surface area (TPSA) is 158 Å². The van der Waals surface area contributed by atoms with Crippen LogP contribution in [0.5, 0.6) is 0 Å². The van der Waals surface area contributed by atoms with Crippen molar-refractivity contribution in [2.24, 2.45) is 11.8 Å². The summed E-state index contributed by atoms with van der Waals surface area (Å²) >= 11 is 0. The molecule has 2 aliphatic heterocycles. The fourth-order valence-electron chi connectivity index (χ4n) is 6.33. The minimum atomic E-state index is -1.03. The van der Waals surface area contributed by atoms with Gasteiger partial charge in [-0.2, -0.15) is 0 Å². The maximum atomic E-state index is 14.1. The number of ether oxygens (including phenoxy) is 2. The third-order valence-electron chi connectivity index (χ3n) is 9.38. The highest BCUT2D eigenvalue weighted by Gasteiger charge is 2.50. The number of morpholine rings is 1. The summed E-state index contributed by atoms with van der Waals surface area (Å²) in [7, 11) is 0. The van der Waals surface area contributed by atoms with Crippen molar-refractivity contribution in [3.8, 4) is 0 Å². The van der Waals surface area contributed by atoms with Crippen LogP contribution >= 0.6 is 0 Å². The van der Waals surface area contributed by atoms with Crippen molar-refractivity contribution in [2.45, 2.75) is 96.5 Å². The average Bonchev–Trinajstić information content (AvgIpc) is 3.87. The standard InChI is InChI=1S/C40H57N5O7/c1-27(2)22-32(36(47)40(5)26-52-40)42-39(50)34(24-30-14-10-7-11-15-30)44-38(49)33(23-28(3)4)43-37(48)31(17-16-29-12-8-6-9-13-29)41-35(46)25-45-18-20-51-21-19-45/h6-15,27-28,31-34H,16-26H2,1-5H3,(H,41,46)(H,42,50)(H,43,48)(H,44,49)/t31-,32-,33?,34-,40+/m0/s1. The van der Waals surface area contributed by atoms with E-state index in [9.17, 15) is 24.0 Å². The molecular formula is C40H57N5O7. The molecule has 4 N–H and O–H groups in total. The number of Topliss-reactive ketones (excluding diaryl/α,β-unsaturated/α-hetero) is 1. The Bertz CT molecular complexity index is 1480. The first kappa shape index (κ1) is 40.6. The molecule has 2 heterocycles. The lowest BCUT2D eigenvalue weighted by atomic mass is 9.93. The Hall–Kier alpha value is -4.13. The molecule has 0 spiro atoms. The predicted molar refractivity (Wildman–Crippen MR) is 198 cm³/mol. The normalized spacial score (nSPS) is 19.6. The Kier molecular flexibility index (Phi) is 15.3. The number of amides is 4. The summed E-state index contributed by atoms with van der Waals surface area (Å²) in [4.78, 5) is 70.5. The molecule has 2 aliphatic rings. The van der Waals surface area contributed by atoms with Crippen molar-refractivity contribution in [2.75, 3.05) is 39.5 Å². The zero-order valence-electron chi connectivity index (χ0n) is 31.3. The maximum absolute atomic E-state index is 14.1. The fraction of sp³-hybridized carbons (Fsp3) is 0.575. The molecule has 4 amide bonds. The van der Waals surface area contributed by atoms with Crippen LogP contribution in [0.3, 0.4) is 0 Å². The Morgan fingerprint density at radius 3 is 1.77 bits per heavy atom. The SMILES string of the molecule is CC(C)CC(NC(=O)[C@H](CCc1ccccc1)NC(=O)CN1CCOCC1)C(=O)N[C@@H](Cc1ccccc1)C(=O)N[C@@H](CC(C)C)C(=O)[C@@]1(C)CO1. The number of rotatable bonds is 20. The second-order valence-corrected chi connectivity index (χ2v) is 15.0. The highest BCUT2D eigenvalue weighted by atomic mass is 16.6. The first-order valence-electron chi connectivity index (χ1n) is 18.6. The molecule has 2 fully saturated rings. The van der Waals surface area contributed by atoms with E-state index in [1.807, 2.05) is 93.3 Å². The Morgan fingerprint density at radius 2 is 1.19 bits per heavy atom. The lowest BCUT2D eigenvalue weighted by molar-refractivity contribution is -0.135. The lowest BCUT2D eigenvalue weighted by Crippen LogP contribution is -2.59. The molecule has 284 valence electrons. The third-order valence-corrected chi connectivity index (χ3v) is 9.38. The molecule has 0 radical (unpaired) electrons. The van der Waals surface area contributed by atoms with E-state index in [1.54, 1.807) is 6.92 Å². The van der Waals surface area contributed by atoms with Crippen LogP contribution in [0.2, 0.25) is 0 Å². The zero-order valence-corrected chi connectivity index (χ0v) is 31.3. The van der Waals surface area contributed by atoms with E-state index >= 15 is 0 Å². The molecular weight excluding hydrogens is 662 g/mol. The van der Waals surface area contributed by atoms with Crippen molar-refractivity contribution in [1.29, 1.82) is 0 Å². The quantitative estimate of drug-likeness (QED) is 0.152. The smallest absolute Gasteiger partial charge is 0.243 e. The minimum Gasteiger partial charge on any atom is -0.379 e. The van der Waals surface area contributed by atoms with Crippen molar-refractivity contribution in [3.05, 3.63) is 71.8 Å². The summed E-state index contributed by atoms with van der Waals surface area (Å²) in [6.45, 7) is 12.3. The molecule has 0 saturated carbocycles. The number of ketones is 1. The van der Waals surface area contributed by atoms with Crippen LogP contribution in [0.1, 0.15) is 65.0 Å². The van der Waals surface area contributed by atoms with Gasteiger partial charge in [-0.05, 0) is 55.6 Å². The number of epoxide rings is 1. The summed E-state index contributed by atoms with van der Waals surface area (Å²) < 4.78 is 10.8. The molecule has 5 atom stereocenters. The van der Waals surface area contributed by atoms with Gasteiger partial charge in [0.2, 0.25) is 23.6 Å². The molecule has 0 bridgehead atoms. The first-order chi connectivity index (χ1) is 24.8. The largest absolute Gasteiger partial charge is 0.379 e. The summed E-state index contributed by atoms with van der Waals surface area (Å²) in [5.41, 5.74) is 0.915. The number of nitrogens with zero attached hydrogens (tertiary/aromatic N) is 1. The number of benzene rings is 2. The molecule has 12 heteroatoms. The van der Waals surface area contributed by atoms with Gasteiger partial charge in [-0.25, -0.2) is 0 Å². The van der Waals surface area contributed by atoms with Gasteiger partial charge in [0.1, 0.15) is 23.7 Å². The van der Waals surface area contributed by atoms with Gasteiger partial charge in [-0.15, -0.1) is 0 Å². The summed E-state index contributed by atoms with van der Waals surface area (Å²) in [6.07, 6.45) is 1.76.